The first kappa shape index (κ1) is 10.5. The van der Waals surface area contributed by atoms with Crippen LogP contribution >= 0.6 is 0 Å². The zero-order valence-corrected chi connectivity index (χ0v) is 9.55. The molecule has 0 radical (unpaired) electrons. The van der Waals surface area contributed by atoms with E-state index in [2.05, 4.69) is 9.97 Å². The van der Waals surface area contributed by atoms with E-state index in [4.69, 9.17) is 5.73 Å². The van der Waals surface area contributed by atoms with E-state index in [1.165, 1.54) is 0 Å². The number of nitrogens with two attached hydrogens (primary N) is 1. The molecular formula is C14H11N3O. The Morgan fingerprint density at radius 2 is 1.94 bits per heavy atom. The van der Waals surface area contributed by atoms with Crippen molar-refractivity contribution >= 4 is 22.5 Å². The fraction of sp³-hybridized carbons (Fsp3) is 0. The molecule has 4 nitrogen and oxygen atoms in total. The number of hydrogen-bond acceptors (Lipinski definition) is 3. The van der Waals surface area contributed by atoms with E-state index in [9.17, 15) is 4.79 Å². The lowest BCUT2D eigenvalue weighted by Gasteiger charge is -2.02. The van der Waals surface area contributed by atoms with Gasteiger partial charge in [0.25, 0.3) is 0 Å². The summed E-state index contributed by atoms with van der Waals surface area (Å²) in [5.41, 5.74) is 9.18. The largest absolute Gasteiger partial charge is 0.399 e. The molecule has 0 unspecified atom stereocenters. The van der Waals surface area contributed by atoms with Crippen molar-refractivity contribution < 1.29 is 4.79 Å². The number of nitrogens with one attached hydrogen (secondary N) is 1. The Morgan fingerprint density at radius 1 is 1.11 bits per heavy atom. The molecule has 0 saturated heterocycles. The van der Waals surface area contributed by atoms with Crippen LogP contribution in [0.15, 0.2) is 48.8 Å². The number of carbonyl (C=O) groups is 1. The standard InChI is InChI=1S/C14H11N3O/c15-11-3-1-2-9(6-11)14(18)10-4-5-12-13(7-10)17-8-16-12/h1-8H,15H2,(H,16,17). The minimum Gasteiger partial charge on any atom is -0.399 e. The van der Waals surface area contributed by atoms with Gasteiger partial charge in [0, 0.05) is 16.8 Å². The molecule has 0 aliphatic carbocycles. The molecule has 0 aliphatic heterocycles. The number of ketones is 1. The molecule has 1 heterocycles. The van der Waals surface area contributed by atoms with Crippen LogP contribution in [0.3, 0.4) is 0 Å². The van der Waals surface area contributed by atoms with Crippen LogP contribution in [0.25, 0.3) is 11.0 Å². The number of fused-ring (bicyclic) bond motifs is 1. The highest BCUT2D eigenvalue weighted by Gasteiger charge is 2.10. The quantitative estimate of drug-likeness (QED) is 0.531. The fourth-order valence-corrected chi connectivity index (χ4v) is 1.92. The van der Waals surface area contributed by atoms with Crippen molar-refractivity contribution in [2.75, 3.05) is 5.73 Å². The van der Waals surface area contributed by atoms with Crippen molar-refractivity contribution in [2.45, 2.75) is 0 Å². The molecular weight excluding hydrogens is 226 g/mol. The number of hydrogen-bond donors (Lipinski definition) is 2. The summed E-state index contributed by atoms with van der Waals surface area (Å²) in [6.07, 6.45) is 1.61. The van der Waals surface area contributed by atoms with E-state index in [0.29, 0.717) is 16.8 Å². The van der Waals surface area contributed by atoms with Crippen LogP contribution in [0, 0.1) is 0 Å². The first-order chi connectivity index (χ1) is 8.74. The van der Waals surface area contributed by atoms with Gasteiger partial charge in [-0.2, -0.15) is 0 Å². The molecule has 0 spiro atoms. The Kier molecular flexibility index (Phi) is 2.34. The summed E-state index contributed by atoms with van der Waals surface area (Å²) in [6, 6.07) is 12.4. The van der Waals surface area contributed by atoms with Gasteiger partial charge in [0.2, 0.25) is 0 Å². The van der Waals surface area contributed by atoms with E-state index in [-0.39, 0.29) is 5.78 Å². The number of nitrogens with zero attached hydrogens (tertiary/aromatic N) is 1. The van der Waals surface area contributed by atoms with Crippen molar-refractivity contribution in [3.63, 3.8) is 0 Å². The molecule has 4 heteroatoms. The van der Waals surface area contributed by atoms with Crippen molar-refractivity contribution in [1.29, 1.82) is 0 Å². The molecule has 0 atom stereocenters. The van der Waals surface area contributed by atoms with Gasteiger partial charge < -0.3 is 10.7 Å². The smallest absolute Gasteiger partial charge is 0.193 e. The Morgan fingerprint density at radius 3 is 2.78 bits per heavy atom. The van der Waals surface area contributed by atoms with Gasteiger partial charge in [-0.1, -0.05) is 12.1 Å². The molecule has 0 amide bonds. The van der Waals surface area contributed by atoms with Crippen LogP contribution in [-0.4, -0.2) is 15.8 Å². The monoisotopic (exact) mass is 237 g/mol. The van der Waals surface area contributed by atoms with E-state index in [1.54, 1.807) is 42.7 Å². The number of nitrogen functional groups attached to an aromatic ring is 1. The van der Waals surface area contributed by atoms with Crippen LogP contribution in [0.2, 0.25) is 0 Å². The third kappa shape index (κ3) is 1.73. The number of imidazole rings is 1. The highest BCUT2D eigenvalue weighted by atomic mass is 16.1. The van der Waals surface area contributed by atoms with Gasteiger partial charge in [0.1, 0.15) is 0 Å². The molecule has 3 rings (SSSR count). The maximum Gasteiger partial charge on any atom is 0.193 e. The van der Waals surface area contributed by atoms with Crippen LogP contribution in [0.5, 0.6) is 0 Å². The SMILES string of the molecule is Nc1cccc(C(=O)c2ccc3nc[nH]c3c2)c1. The Hall–Kier alpha value is -2.62. The van der Waals surface area contributed by atoms with Crippen LogP contribution in [0.4, 0.5) is 5.69 Å². The Labute approximate surface area is 103 Å². The second kappa shape index (κ2) is 4.00. The highest BCUT2D eigenvalue weighted by molar-refractivity contribution is 6.10. The summed E-state index contributed by atoms with van der Waals surface area (Å²) in [5.74, 6) is -0.0428. The van der Waals surface area contributed by atoms with Crippen LogP contribution in [0.1, 0.15) is 15.9 Å². The minimum atomic E-state index is -0.0428. The topological polar surface area (TPSA) is 71.8 Å². The lowest BCUT2D eigenvalue weighted by atomic mass is 10.0. The maximum atomic E-state index is 12.3. The molecule has 88 valence electrons. The number of H-pyrrole nitrogens is 1. The number of carbonyl (C=O) groups excluding carboxylic acids is 1. The van der Waals surface area contributed by atoms with Gasteiger partial charge in [-0.25, -0.2) is 4.98 Å². The van der Waals surface area contributed by atoms with Gasteiger partial charge in [-0.3, -0.25) is 4.79 Å². The van der Waals surface area contributed by atoms with Crippen LogP contribution in [-0.2, 0) is 0 Å². The number of aromatic amines is 1. The van der Waals surface area contributed by atoms with Gasteiger partial charge in [0.05, 0.1) is 17.4 Å². The third-order valence-corrected chi connectivity index (χ3v) is 2.83. The average molecular weight is 237 g/mol. The molecule has 0 fully saturated rings. The summed E-state index contributed by atoms with van der Waals surface area (Å²) in [4.78, 5) is 19.4. The van der Waals surface area contributed by atoms with Gasteiger partial charge >= 0.3 is 0 Å². The molecule has 3 N–H and O–H groups in total. The van der Waals surface area contributed by atoms with E-state index >= 15 is 0 Å². The van der Waals surface area contributed by atoms with Crippen molar-refractivity contribution in [3.05, 3.63) is 59.9 Å². The average Bonchev–Trinajstić information content (AvgIpc) is 2.85. The molecule has 0 aliphatic rings. The van der Waals surface area contributed by atoms with Gasteiger partial charge in [-0.05, 0) is 30.3 Å². The lowest BCUT2D eigenvalue weighted by molar-refractivity contribution is 0.103. The maximum absolute atomic E-state index is 12.3. The number of aromatic nitrogens is 2. The predicted molar refractivity (Wildman–Crippen MR) is 70.4 cm³/mol. The van der Waals surface area contributed by atoms with E-state index in [0.717, 1.165) is 11.0 Å². The first-order valence-corrected chi connectivity index (χ1v) is 5.57. The normalized spacial score (nSPS) is 10.7. The molecule has 2 aromatic carbocycles. The Balaban J connectivity index is 2.06. The molecule has 18 heavy (non-hydrogen) atoms. The summed E-state index contributed by atoms with van der Waals surface area (Å²) in [5, 5.41) is 0. The number of benzene rings is 2. The third-order valence-electron chi connectivity index (χ3n) is 2.83. The highest BCUT2D eigenvalue weighted by Crippen LogP contribution is 2.16. The minimum absolute atomic E-state index is 0.0428. The molecule has 3 aromatic rings. The summed E-state index contributed by atoms with van der Waals surface area (Å²) in [7, 11) is 0. The number of anilines is 1. The zero-order valence-electron chi connectivity index (χ0n) is 9.55. The molecule has 1 aromatic heterocycles. The Bertz CT molecular complexity index is 730. The van der Waals surface area contributed by atoms with E-state index in [1.807, 2.05) is 6.07 Å². The second-order valence-corrected chi connectivity index (χ2v) is 4.09. The van der Waals surface area contributed by atoms with Crippen molar-refractivity contribution in [3.8, 4) is 0 Å². The summed E-state index contributed by atoms with van der Waals surface area (Å²) in [6.45, 7) is 0. The van der Waals surface area contributed by atoms with Crippen molar-refractivity contribution in [2.24, 2.45) is 0 Å². The molecule has 0 saturated carbocycles. The summed E-state index contributed by atoms with van der Waals surface area (Å²) < 4.78 is 0. The second-order valence-electron chi connectivity index (χ2n) is 4.09. The van der Waals surface area contributed by atoms with Crippen molar-refractivity contribution in [1.82, 2.24) is 9.97 Å². The zero-order chi connectivity index (χ0) is 12.5. The lowest BCUT2D eigenvalue weighted by Crippen LogP contribution is -2.01. The van der Waals surface area contributed by atoms with Gasteiger partial charge in [-0.15, -0.1) is 0 Å². The first-order valence-electron chi connectivity index (χ1n) is 5.57. The fourth-order valence-electron chi connectivity index (χ4n) is 1.92. The molecule has 0 bridgehead atoms. The van der Waals surface area contributed by atoms with E-state index < -0.39 is 0 Å². The summed E-state index contributed by atoms with van der Waals surface area (Å²) >= 11 is 0. The van der Waals surface area contributed by atoms with Gasteiger partial charge in [0.15, 0.2) is 5.78 Å². The van der Waals surface area contributed by atoms with Crippen LogP contribution < -0.4 is 5.73 Å². The predicted octanol–water partition coefficient (Wildman–Crippen LogP) is 2.38. The number of rotatable bonds is 2.